The van der Waals surface area contributed by atoms with Crippen LogP contribution in [0.1, 0.15) is 22.3 Å². The van der Waals surface area contributed by atoms with Gasteiger partial charge >= 0.3 is 0 Å². The first kappa shape index (κ1) is 32.9. The number of rotatable bonds is 6. The fourth-order valence-corrected chi connectivity index (χ4v) is 9.15. The van der Waals surface area contributed by atoms with Crippen LogP contribution in [0.3, 0.4) is 0 Å². The molecule has 1 aliphatic carbocycles. The maximum atomic E-state index is 5.25. The minimum atomic E-state index is -0.475. The van der Waals surface area contributed by atoms with E-state index in [0.717, 1.165) is 43.8 Å². The van der Waals surface area contributed by atoms with E-state index in [0.29, 0.717) is 17.5 Å². The van der Waals surface area contributed by atoms with Crippen LogP contribution in [-0.2, 0) is 5.41 Å². The second kappa shape index (κ2) is 13.4. The first-order valence-electron chi connectivity index (χ1n) is 19.4. The van der Waals surface area contributed by atoms with Crippen LogP contribution < -0.4 is 0 Å². The Morgan fingerprint density at radius 1 is 0.298 bits per heavy atom. The molecule has 0 spiro atoms. The molecule has 3 nitrogen and oxygen atoms in total. The van der Waals surface area contributed by atoms with Crippen LogP contribution in [0.15, 0.2) is 212 Å². The summed E-state index contributed by atoms with van der Waals surface area (Å²) in [7, 11) is 0. The summed E-state index contributed by atoms with van der Waals surface area (Å²) in [4.78, 5) is 15.7. The van der Waals surface area contributed by atoms with Gasteiger partial charge in [0.15, 0.2) is 17.5 Å². The Bertz CT molecular complexity index is 2990. The summed E-state index contributed by atoms with van der Waals surface area (Å²) in [6.45, 7) is 0. The molecule has 0 fully saturated rings. The quantitative estimate of drug-likeness (QED) is 0.171. The molecule has 0 saturated carbocycles. The van der Waals surface area contributed by atoms with Crippen LogP contribution in [0, 0.1) is 0 Å². The molecule has 10 aromatic rings. The number of benzene rings is 9. The summed E-state index contributed by atoms with van der Waals surface area (Å²) in [5.41, 5.74) is 12.3. The maximum Gasteiger partial charge on any atom is 0.164 e. The van der Waals surface area contributed by atoms with Crippen LogP contribution >= 0.6 is 0 Å². The lowest BCUT2D eigenvalue weighted by molar-refractivity contribution is 0.768. The minimum Gasteiger partial charge on any atom is -0.208 e. The lowest BCUT2D eigenvalue weighted by Gasteiger charge is -2.34. The molecule has 1 aromatic heterocycles. The van der Waals surface area contributed by atoms with E-state index in [4.69, 9.17) is 15.0 Å². The van der Waals surface area contributed by atoms with E-state index in [-0.39, 0.29) is 0 Å². The molecule has 11 rings (SSSR count). The average Bonchev–Trinajstić information content (AvgIpc) is 3.60. The predicted molar refractivity (Wildman–Crippen MR) is 234 cm³/mol. The van der Waals surface area contributed by atoms with Gasteiger partial charge in [0.2, 0.25) is 0 Å². The van der Waals surface area contributed by atoms with Crippen molar-refractivity contribution in [2.45, 2.75) is 5.41 Å². The van der Waals surface area contributed by atoms with Gasteiger partial charge in [-0.05, 0) is 72.1 Å². The van der Waals surface area contributed by atoms with Crippen molar-refractivity contribution in [2.75, 3.05) is 0 Å². The topological polar surface area (TPSA) is 38.7 Å². The Balaban J connectivity index is 1.13. The van der Waals surface area contributed by atoms with Gasteiger partial charge in [-0.1, -0.05) is 206 Å². The Morgan fingerprint density at radius 2 is 0.737 bits per heavy atom. The molecule has 1 aliphatic rings. The average molecular weight is 726 g/mol. The van der Waals surface area contributed by atoms with Crippen molar-refractivity contribution in [1.82, 2.24) is 15.0 Å². The zero-order chi connectivity index (χ0) is 37.8. The number of nitrogens with zero attached hydrogens (tertiary/aromatic N) is 3. The van der Waals surface area contributed by atoms with Crippen LogP contribution in [-0.4, -0.2) is 15.0 Å². The van der Waals surface area contributed by atoms with Crippen molar-refractivity contribution >= 4 is 21.5 Å². The van der Waals surface area contributed by atoms with E-state index >= 15 is 0 Å². The third-order valence-corrected chi connectivity index (χ3v) is 11.6. The highest BCUT2D eigenvalue weighted by molar-refractivity contribution is 5.99. The Morgan fingerprint density at radius 3 is 1.39 bits per heavy atom. The van der Waals surface area contributed by atoms with Gasteiger partial charge < -0.3 is 0 Å². The molecule has 0 N–H and O–H groups in total. The maximum absolute atomic E-state index is 5.25. The Hall–Kier alpha value is -7.49. The van der Waals surface area contributed by atoms with Crippen LogP contribution in [0.25, 0.3) is 78.0 Å². The second-order valence-electron chi connectivity index (χ2n) is 14.7. The molecule has 0 bridgehead atoms. The van der Waals surface area contributed by atoms with E-state index in [9.17, 15) is 0 Å². The van der Waals surface area contributed by atoms with Crippen molar-refractivity contribution in [1.29, 1.82) is 0 Å². The summed E-state index contributed by atoms with van der Waals surface area (Å²) in [5, 5.41) is 4.50. The first-order valence-corrected chi connectivity index (χ1v) is 19.4. The van der Waals surface area contributed by atoms with Gasteiger partial charge in [0, 0.05) is 16.7 Å². The fraction of sp³-hybridized carbons (Fsp3) is 0.0185. The van der Waals surface area contributed by atoms with Gasteiger partial charge in [0.25, 0.3) is 0 Å². The predicted octanol–water partition coefficient (Wildman–Crippen LogP) is 13.2. The lowest BCUT2D eigenvalue weighted by Crippen LogP contribution is -2.28. The molecule has 0 amide bonds. The van der Waals surface area contributed by atoms with Crippen LogP contribution in [0.4, 0.5) is 0 Å². The van der Waals surface area contributed by atoms with Crippen molar-refractivity contribution < 1.29 is 0 Å². The van der Waals surface area contributed by atoms with E-state index in [2.05, 4.69) is 212 Å². The Kier molecular flexibility index (Phi) is 7.71. The van der Waals surface area contributed by atoms with Crippen molar-refractivity contribution in [2.24, 2.45) is 0 Å². The molecule has 0 aliphatic heterocycles. The molecule has 0 atom stereocenters. The zero-order valence-corrected chi connectivity index (χ0v) is 31.0. The third kappa shape index (κ3) is 5.24. The highest BCUT2D eigenvalue weighted by Crippen LogP contribution is 2.58. The summed E-state index contributed by atoms with van der Waals surface area (Å²) < 4.78 is 0. The van der Waals surface area contributed by atoms with Crippen LogP contribution in [0.5, 0.6) is 0 Å². The Labute approximate surface area is 331 Å². The normalized spacial score (nSPS) is 12.7. The standard InChI is InChI=1S/C54H35N3/c1-3-23-40(24-4-1)54(41-25-5-2-6-26-41)48-33-12-11-29-47(48)50-44(30-16-34-49(50)54)38-21-13-22-39(35-38)51-55-52(45-31-14-19-36-17-7-9-27-42(36)45)57-53(56-51)46-32-15-20-37-18-8-10-28-43(37)46/h1-35H. The van der Waals surface area contributed by atoms with E-state index in [1.54, 1.807) is 0 Å². The fourth-order valence-electron chi connectivity index (χ4n) is 9.15. The van der Waals surface area contributed by atoms with Gasteiger partial charge in [-0.3, -0.25) is 0 Å². The van der Waals surface area contributed by atoms with E-state index in [1.165, 1.54) is 38.9 Å². The van der Waals surface area contributed by atoms with Crippen molar-refractivity contribution in [3.8, 4) is 56.4 Å². The minimum absolute atomic E-state index is 0.475. The lowest BCUT2D eigenvalue weighted by atomic mass is 9.67. The smallest absolute Gasteiger partial charge is 0.164 e. The molecule has 1 heterocycles. The summed E-state index contributed by atoms with van der Waals surface area (Å²) in [5.74, 6) is 1.93. The molecule has 57 heavy (non-hydrogen) atoms. The van der Waals surface area contributed by atoms with Gasteiger partial charge in [-0.2, -0.15) is 0 Å². The van der Waals surface area contributed by atoms with Gasteiger partial charge in [0.05, 0.1) is 5.41 Å². The van der Waals surface area contributed by atoms with E-state index < -0.39 is 5.41 Å². The summed E-state index contributed by atoms with van der Waals surface area (Å²) >= 11 is 0. The number of hydrogen-bond donors (Lipinski definition) is 0. The summed E-state index contributed by atoms with van der Waals surface area (Å²) in [6.07, 6.45) is 0. The zero-order valence-electron chi connectivity index (χ0n) is 31.0. The van der Waals surface area contributed by atoms with Gasteiger partial charge in [-0.15, -0.1) is 0 Å². The molecular formula is C54H35N3. The monoisotopic (exact) mass is 725 g/mol. The van der Waals surface area contributed by atoms with E-state index in [1.807, 2.05) is 0 Å². The number of fused-ring (bicyclic) bond motifs is 5. The molecule has 3 heteroatoms. The van der Waals surface area contributed by atoms with Gasteiger partial charge in [0.1, 0.15) is 0 Å². The van der Waals surface area contributed by atoms with Crippen molar-refractivity contribution in [3.05, 3.63) is 235 Å². The van der Waals surface area contributed by atoms with Crippen LogP contribution in [0.2, 0.25) is 0 Å². The third-order valence-electron chi connectivity index (χ3n) is 11.6. The highest BCUT2D eigenvalue weighted by atomic mass is 15.0. The van der Waals surface area contributed by atoms with Crippen molar-refractivity contribution in [3.63, 3.8) is 0 Å². The summed E-state index contributed by atoms with van der Waals surface area (Å²) in [6, 6.07) is 75.9. The SMILES string of the molecule is c1ccc(C2(c3ccccc3)c3ccccc3-c3c(-c4cccc(-c5nc(-c6cccc7ccccc67)nc(-c6cccc7ccccc67)n5)c4)cccc32)cc1. The molecular weight excluding hydrogens is 691 g/mol. The molecule has 0 saturated heterocycles. The second-order valence-corrected chi connectivity index (χ2v) is 14.7. The largest absolute Gasteiger partial charge is 0.208 e. The molecule has 266 valence electrons. The number of hydrogen-bond acceptors (Lipinski definition) is 3. The highest BCUT2D eigenvalue weighted by Gasteiger charge is 2.46. The molecule has 9 aromatic carbocycles. The molecule has 0 unspecified atom stereocenters. The molecule has 0 radical (unpaired) electrons. The van der Waals surface area contributed by atoms with Gasteiger partial charge in [-0.25, -0.2) is 15.0 Å². The first-order chi connectivity index (χ1) is 28.3. The number of aromatic nitrogens is 3.